The van der Waals surface area contributed by atoms with E-state index in [0.29, 0.717) is 22.5 Å². The molecule has 2 aromatic heterocycles. The Kier molecular flexibility index (Phi) is 6.26. The van der Waals surface area contributed by atoms with Gasteiger partial charge >= 0.3 is 0 Å². The van der Waals surface area contributed by atoms with Gasteiger partial charge in [-0.3, -0.25) is 0 Å². The Morgan fingerprint density at radius 1 is 1.06 bits per heavy atom. The number of ether oxygens (including phenoxy) is 1. The van der Waals surface area contributed by atoms with Crippen LogP contribution in [0.5, 0.6) is 5.75 Å². The Morgan fingerprint density at radius 3 is 2.58 bits per heavy atom. The Morgan fingerprint density at radius 2 is 1.83 bits per heavy atom. The normalized spacial score (nSPS) is 14.5. The zero-order valence-corrected chi connectivity index (χ0v) is 20.9. The van der Waals surface area contributed by atoms with Gasteiger partial charge < -0.3 is 19.9 Å². The van der Waals surface area contributed by atoms with Crippen LogP contribution < -0.4 is 15.0 Å². The molecule has 0 saturated carbocycles. The van der Waals surface area contributed by atoms with Crippen molar-refractivity contribution >= 4 is 38.1 Å². The molecule has 0 atom stereocenters. The molecular formula is C26H26N6O3S. The maximum atomic E-state index is 13.4. The van der Waals surface area contributed by atoms with Crippen molar-refractivity contribution in [2.45, 2.75) is 4.90 Å². The number of anilines is 3. The highest BCUT2D eigenvalue weighted by Crippen LogP contribution is 2.33. The monoisotopic (exact) mass is 502 g/mol. The smallest absolute Gasteiger partial charge is 0.269 e. The SMILES string of the molecule is COc1cc(N2CCN(C)CC2)ccc1Nc1cc2c(ccn2S(=O)(=O)c2ccccc2C#N)cn1. The van der Waals surface area contributed by atoms with Gasteiger partial charge in [-0.2, -0.15) is 5.26 Å². The molecule has 184 valence electrons. The van der Waals surface area contributed by atoms with E-state index in [-0.39, 0.29) is 10.5 Å². The lowest BCUT2D eigenvalue weighted by Crippen LogP contribution is -2.44. The molecule has 0 bridgehead atoms. The molecule has 0 radical (unpaired) electrons. The van der Waals surface area contributed by atoms with E-state index < -0.39 is 10.0 Å². The number of pyridine rings is 1. The van der Waals surface area contributed by atoms with E-state index in [9.17, 15) is 13.7 Å². The number of aromatic nitrogens is 2. The number of nitrogens with one attached hydrogen (secondary N) is 1. The van der Waals surface area contributed by atoms with Gasteiger partial charge in [0.05, 0.1) is 23.9 Å². The molecule has 0 amide bonds. The molecule has 10 heteroatoms. The van der Waals surface area contributed by atoms with Crippen molar-refractivity contribution in [2.75, 3.05) is 50.6 Å². The van der Waals surface area contributed by atoms with Crippen LogP contribution in [0, 0.1) is 11.3 Å². The minimum absolute atomic E-state index is 0.0440. The van der Waals surface area contributed by atoms with Crippen molar-refractivity contribution in [1.82, 2.24) is 13.9 Å². The van der Waals surface area contributed by atoms with Crippen molar-refractivity contribution in [3.63, 3.8) is 0 Å². The Hall–Kier alpha value is -4.07. The number of nitrogens with zero attached hydrogens (tertiary/aromatic N) is 5. The summed E-state index contributed by atoms with van der Waals surface area (Å²) in [7, 11) is -0.240. The molecule has 1 saturated heterocycles. The van der Waals surface area contributed by atoms with Crippen LogP contribution in [0.1, 0.15) is 5.56 Å². The fourth-order valence-corrected chi connectivity index (χ4v) is 5.85. The maximum Gasteiger partial charge on any atom is 0.269 e. The lowest BCUT2D eigenvalue weighted by atomic mass is 10.2. The zero-order chi connectivity index (χ0) is 25.3. The summed E-state index contributed by atoms with van der Waals surface area (Å²) in [6.45, 7) is 3.91. The van der Waals surface area contributed by atoms with E-state index in [1.54, 1.807) is 37.6 Å². The number of likely N-dealkylation sites (N-methyl/N-ethyl adjacent to an activating group) is 1. The van der Waals surface area contributed by atoms with Crippen LogP contribution in [0.15, 0.2) is 71.9 Å². The largest absolute Gasteiger partial charge is 0.494 e. The number of fused-ring (bicyclic) bond motifs is 1. The first-order valence-corrected chi connectivity index (χ1v) is 12.9. The number of hydrogen-bond donors (Lipinski definition) is 1. The fourth-order valence-electron chi connectivity index (χ4n) is 4.35. The predicted octanol–water partition coefficient (Wildman–Crippen LogP) is 3.65. The third-order valence-electron chi connectivity index (χ3n) is 6.40. The highest BCUT2D eigenvalue weighted by Gasteiger charge is 2.23. The Bertz CT molecular complexity index is 1570. The average molecular weight is 503 g/mol. The fraction of sp³-hybridized carbons (Fsp3) is 0.231. The highest BCUT2D eigenvalue weighted by molar-refractivity contribution is 7.90. The molecule has 0 spiro atoms. The molecule has 1 aliphatic heterocycles. The maximum absolute atomic E-state index is 13.4. The van der Waals surface area contributed by atoms with Gasteiger partial charge in [0.15, 0.2) is 0 Å². The Labute approximate surface area is 210 Å². The van der Waals surface area contributed by atoms with Gasteiger partial charge in [-0.1, -0.05) is 12.1 Å². The summed E-state index contributed by atoms with van der Waals surface area (Å²) in [5, 5.41) is 13.3. The number of piperazine rings is 1. The summed E-state index contributed by atoms with van der Waals surface area (Å²) in [4.78, 5) is 9.05. The summed E-state index contributed by atoms with van der Waals surface area (Å²) < 4.78 is 33.6. The second-order valence-electron chi connectivity index (χ2n) is 8.65. The molecule has 1 fully saturated rings. The van der Waals surface area contributed by atoms with Gasteiger partial charge in [0, 0.05) is 61.8 Å². The van der Waals surface area contributed by atoms with Gasteiger partial charge in [0.1, 0.15) is 22.5 Å². The number of nitriles is 1. The first-order chi connectivity index (χ1) is 17.4. The third-order valence-corrected chi connectivity index (χ3v) is 8.15. The van der Waals surface area contributed by atoms with Crippen LogP contribution in [0.25, 0.3) is 10.9 Å². The molecule has 2 aromatic carbocycles. The van der Waals surface area contributed by atoms with E-state index in [4.69, 9.17) is 4.74 Å². The summed E-state index contributed by atoms with van der Waals surface area (Å²) >= 11 is 0. The summed E-state index contributed by atoms with van der Waals surface area (Å²) in [5.41, 5.74) is 2.35. The summed E-state index contributed by atoms with van der Waals surface area (Å²) in [6, 6.07) is 17.5. The van der Waals surface area contributed by atoms with Gasteiger partial charge in [0.25, 0.3) is 10.0 Å². The Balaban J connectivity index is 1.47. The number of rotatable bonds is 6. The second kappa shape index (κ2) is 9.53. The minimum Gasteiger partial charge on any atom is -0.494 e. The minimum atomic E-state index is -3.98. The summed E-state index contributed by atoms with van der Waals surface area (Å²) in [6.07, 6.45) is 3.09. The van der Waals surface area contributed by atoms with Crippen LogP contribution in [0.2, 0.25) is 0 Å². The van der Waals surface area contributed by atoms with Crippen molar-refractivity contribution < 1.29 is 13.2 Å². The van der Waals surface area contributed by atoms with Crippen molar-refractivity contribution in [2.24, 2.45) is 0 Å². The number of benzene rings is 2. The van der Waals surface area contributed by atoms with E-state index in [2.05, 4.69) is 27.1 Å². The molecule has 0 aliphatic carbocycles. The lowest BCUT2D eigenvalue weighted by Gasteiger charge is -2.34. The lowest BCUT2D eigenvalue weighted by molar-refractivity contribution is 0.312. The van der Waals surface area contributed by atoms with Crippen LogP contribution >= 0.6 is 0 Å². The number of hydrogen-bond acceptors (Lipinski definition) is 8. The van der Waals surface area contributed by atoms with Crippen LogP contribution in [-0.2, 0) is 10.0 Å². The molecule has 1 aliphatic rings. The highest BCUT2D eigenvalue weighted by atomic mass is 32.2. The van der Waals surface area contributed by atoms with E-state index in [1.165, 1.54) is 22.3 Å². The van der Waals surface area contributed by atoms with Crippen molar-refractivity contribution in [3.8, 4) is 11.8 Å². The summed E-state index contributed by atoms with van der Waals surface area (Å²) in [5.74, 6) is 1.14. The molecule has 4 aromatic rings. The van der Waals surface area contributed by atoms with Gasteiger partial charge in [-0.05, 0) is 37.4 Å². The van der Waals surface area contributed by atoms with E-state index in [1.807, 2.05) is 24.3 Å². The van der Waals surface area contributed by atoms with Crippen LogP contribution in [0.4, 0.5) is 17.2 Å². The van der Waals surface area contributed by atoms with Crippen LogP contribution in [0.3, 0.4) is 0 Å². The standard InChI is InChI=1S/C26H26N6O3S/c1-30-11-13-31(14-12-30)21-7-8-22(24(15-21)35-2)29-26-16-23-20(18-28-26)9-10-32(23)36(33,34)25-6-4-3-5-19(25)17-27/h3-10,15-16,18H,11-14H2,1-2H3,(H,28,29). The van der Waals surface area contributed by atoms with E-state index in [0.717, 1.165) is 37.6 Å². The topological polar surface area (TPSA) is 103 Å². The first-order valence-electron chi connectivity index (χ1n) is 11.5. The average Bonchev–Trinajstić information content (AvgIpc) is 3.33. The molecule has 3 heterocycles. The van der Waals surface area contributed by atoms with Crippen molar-refractivity contribution in [1.29, 1.82) is 5.26 Å². The number of methoxy groups -OCH3 is 1. The molecule has 0 unspecified atom stereocenters. The van der Waals surface area contributed by atoms with Crippen molar-refractivity contribution in [3.05, 3.63) is 72.6 Å². The molecule has 9 nitrogen and oxygen atoms in total. The molecule has 36 heavy (non-hydrogen) atoms. The zero-order valence-electron chi connectivity index (χ0n) is 20.0. The van der Waals surface area contributed by atoms with E-state index >= 15 is 0 Å². The second-order valence-corrected chi connectivity index (χ2v) is 10.4. The predicted molar refractivity (Wildman–Crippen MR) is 139 cm³/mol. The van der Waals surface area contributed by atoms with Gasteiger partial charge in [-0.25, -0.2) is 17.4 Å². The molecule has 1 N–H and O–H groups in total. The van der Waals surface area contributed by atoms with Gasteiger partial charge in [0.2, 0.25) is 0 Å². The molecule has 5 rings (SSSR count). The molecular weight excluding hydrogens is 476 g/mol. The third kappa shape index (κ3) is 4.34. The van der Waals surface area contributed by atoms with Gasteiger partial charge in [-0.15, -0.1) is 0 Å². The first kappa shape index (κ1) is 23.7. The quantitative estimate of drug-likeness (QED) is 0.426. The van der Waals surface area contributed by atoms with Crippen LogP contribution in [-0.4, -0.2) is 62.6 Å².